The van der Waals surface area contributed by atoms with Crippen LogP contribution >= 0.6 is 0 Å². The molecule has 0 aromatic heterocycles. The second-order valence-electron chi connectivity index (χ2n) is 5.52. The van der Waals surface area contributed by atoms with E-state index in [0.29, 0.717) is 0 Å². The molecule has 0 fully saturated rings. The Labute approximate surface area is 147 Å². The lowest BCUT2D eigenvalue weighted by Gasteiger charge is -2.18. The van der Waals surface area contributed by atoms with Crippen LogP contribution in [0.4, 0.5) is 10.1 Å². The van der Waals surface area contributed by atoms with Crippen molar-refractivity contribution >= 4 is 27.1 Å². The van der Waals surface area contributed by atoms with E-state index in [4.69, 9.17) is 0 Å². The van der Waals surface area contributed by atoms with Crippen LogP contribution in [0.25, 0.3) is 0 Å². The predicted molar refractivity (Wildman–Crippen MR) is 90.2 cm³/mol. The standard InChI is InChI=1S/C16H12FN3O5S/c17-11-4-5-15-13(9-11)14(6-7-26(15,24)25)18-19-16(21)10-2-1-3-12(8-10)20(22)23/h1-5,8-9H,6-7H2,(H,19,21)/b18-14-. The number of carbonyl (C=O) groups is 1. The van der Waals surface area contributed by atoms with Crippen LogP contribution in [0.1, 0.15) is 22.3 Å². The van der Waals surface area contributed by atoms with E-state index in [-0.39, 0.29) is 39.6 Å². The number of benzene rings is 2. The summed E-state index contributed by atoms with van der Waals surface area (Å²) < 4.78 is 37.6. The largest absolute Gasteiger partial charge is 0.271 e. The molecule has 0 bridgehead atoms. The fourth-order valence-corrected chi connectivity index (χ4v) is 4.00. The Bertz CT molecular complexity index is 1050. The molecule has 0 radical (unpaired) electrons. The highest BCUT2D eigenvalue weighted by Crippen LogP contribution is 2.26. The molecule has 0 saturated heterocycles. The average Bonchev–Trinajstić information content (AvgIpc) is 2.60. The number of non-ortho nitro benzene ring substituents is 1. The van der Waals surface area contributed by atoms with Gasteiger partial charge in [-0.15, -0.1) is 0 Å². The zero-order chi connectivity index (χ0) is 18.9. The van der Waals surface area contributed by atoms with Crippen LogP contribution < -0.4 is 5.43 Å². The van der Waals surface area contributed by atoms with Gasteiger partial charge in [0.05, 0.1) is 21.3 Å². The number of sulfone groups is 1. The van der Waals surface area contributed by atoms with Crippen molar-refractivity contribution in [2.45, 2.75) is 11.3 Å². The maximum absolute atomic E-state index is 13.5. The maximum Gasteiger partial charge on any atom is 0.271 e. The summed E-state index contributed by atoms with van der Waals surface area (Å²) in [4.78, 5) is 22.2. The molecule has 134 valence electrons. The van der Waals surface area contributed by atoms with E-state index in [1.807, 2.05) is 0 Å². The minimum atomic E-state index is -3.53. The van der Waals surface area contributed by atoms with Crippen molar-refractivity contribution in [2.75, 3.05) is 5.75 Å². The number of rotatable bonds is 3. The van der Waals surface area contributed by atoms with Gasteiger partial charge in [-0.2, -0.15) is 5.10 Å². The van der Waals surface area contributed by atoms with Crippen LogP contribution in [0.2, 0.25) is 0 Å². The quantitative estimate of drug-likeness (QED) is 0.499. The van der Waals surface area contributed by atoms with E-state index < -0.39 is 26.5 Å². The predicted octanol–water partition coefficient (Wildman–Crippen LogP) is 2.05. The van der Waals surface area contributed by atoms with Crippen LogP contribution in [0.15, 0.2) is 52.5 Å². The number of nitro groups is 1. The molecule has 10 heteroatoms. The number of hydrogen-bond acceptors (Lipinski definition) is 6. The molecule has 0 aliphatic carbocycles. The van der Waals surface area contributed by atoms with Gasteiger partial charge in [0, 0.05) is 29.7 Å². The van der Waals surface area contributed by atoms with Crippen LogP contribution in [-0.4, -0.2) is 30.7 Å². The van der Waals surface area contributed by atoms with Gasteiger partial charge in [0.1, 0.15) is 5.82 Å². The number of halogens is 1. The topological polar surface area (TPSA) is 119 Å². The van der Waals surface area contributed by atoms with Crippen molar-refractivity contribution in [3.05, 3.63) is 69.5 Å². The Hall–Kier alpha value is -3.14. The summed E-state index contributed by atoms with van der Waals surface area (Å²) in [7, 11) is -3.53. The summed E-state index contributed by atoms with van der Waals surface area (Å²) in [5, 5.41) is 14.7. The number of hydrogen-bond donors (Lipinski definition) is 1. The molecule has 8 nitrogen and oxygen atoms in total. The van der Waals surface area contributed by atoms with E-state index >= 15 is 0 Å². The highest BCUT2D eigenvalue weighted by molar-refractivity contribution is 7.91. The molecule has 2 aromatic rings. The molecule has 0 unspecified atom stereocenters. The zero-order valence-electron chi connectivity index (χ0n) is 13.2. The van der Waals surface area contributed by atoms with Crippen molar-refractivity contribution in [1.82, 2.24) is 5.43 Å². The Balaban J connectivity index is 1.90. The number of fused-ring (bicyclic) bond motifs is 1. The van der Waals surface area contributed by atoms with Gasteiger partial charge in [0.25, 0.3) is 11.6 Å². The van der Waals surface area contributed by atoms with Gasteiger partial charge < -0.3 is 0 Å². The minimum Gasteiger partial charge on any atom is -0.267 e. The summed E-state index contributed by atoms with van der Waals surface area (Å²) in [6.45, 7) is 0. The summed E-state index contributed by atoms with van der Waals surface area (Å²) in [6, 6.07) is 8.32. The van der Waals surface area contributed by atoms with Crippen molar-refractivity contribution in [2.24, 2.45) is 5.10 Å². The van der Waals surface area contributed by atoms with Gasteiger partial charge in [-0.25, -0.2) is 18.2 Å². The number of nitrogens with zero attached hydrogens (tertiary/aromatic N) is 2. The fraction of sp³-hybridized carbons (Fsp3) is 0.125. The van der Waals surface area contributed by atoms with E-state index in [1.165, 1.54) is 18.2 Å². The summed E-state index contributed by atoms with van der Waals surface area (Å²) in [5.74, 6) is -1.54. The van der Waals surface area contributed by atoms with E-state index in [1.54, 1.807) is 0 Å². The van der Waals surface area contributed by atoms with Crippen molar-refractivity contribution in [3.63, 3.8) is 0 Å². The highest BCUT2D eigenvalue weighted by Gasteiger charge is 2.28. The molecule has 1 aliphatic heterocycles. The molecular formula is C16H12FN3O5S. The SMILES string of the molecule is O=C(N/N=C1/CCS(=O)(=O)c2ccc(F)cc21)c1cccc([N+](=O)[O-])c1. The minimum absolute atomic E-state index is 0.00794. The zero-order valence-corrected chi connectivity index (χ0v) is 14.0. The molecule has 1 heterocycles. The lowest BCUT2D eigenvalue weighted by Crippen LogP contribution is -2.26. The number of nitro benzene ring substituents is 1. The van der Waals surface area contributed by atoms with Crippen LogP contribution in [-0.2, 0) is 9.84 Å². The number of amides is 1. The Morgan fingerprint density at radius 2 is 2.00 bits per heavy atom. The summed E-state index contributed by atoms with van der Waals surface area (Å²) >= 11 is 0. The second-order valence-corrected chi connectivity index (χ2v) is 7.59. The third kappa shape index (κ3) is 3.45. The monoisotopic (exact) mass is 377 g/mol. The molecule has 0 saturated carbocycles. The third-order valence-corrected chi connectivity index (χ3v) is 5.57. The van der Waals surface area contributed by atoms with Gasteiger partial charge in [-0.05, 0) is 24.3 Å². The molecular weight excluding hydrogens is 365 g/mol. The van der Waals surface area contributed by atoms with E-state index in [9.17, 15) is 27.7 Å². The van der Waals surface area contributed by atoms with Crippen molar-refractivity contribution < 1.29 is 22.5 Å². The second kappa shape index (κ2) is 6.64. The first-order chi connectivity index (χ1) is 12.3. The number of hydrazone groups is 1. The van der Waals surface area contributed by atoms with E-state index in [0.717, 1.165) is 24.3 Å². The van der Waals surface area contributed by atoms with Crippen LogP contribution in [0.3, 0.4) is 0 Å². The number of carbonyl (C=O) groups excluding carboxylic acids is 1. The van der Waals surface area contributed by atoms with Crippen LogP contribution in [0, 0.1) is 15.9 Å². The molecule has 0 atom stereocenters. The van der Waals surface area contributed by atoms with Gasteiger partial charge in [-0.1, -0.05) is 6.07 Å². The van der Waals surface area contributed by atoms with Crippen LogP contribution in [0.5, 0.6) is 0 Å². The first-order valence-corrected chi connectivity index (χ1v) is 9.07. The van der Waals surface area contributed by atoms with Gasteiger partial charge in [-0.3, -0.25) is 14.9 Å². The fourth-order valence-electron chi connectivity index (χ4n) is 2.53. The average molecular weight is 377 g/mol. The normalized spacial score (nSPS) is 16.7. The molecule has 2 aromatic carbocycles. The molecule has 1 aliphatic rings. The molecule has 1 amide bonds. The maximum atomic E-state index is 13.5. The van der Waals surface area contributed by atoms with Gasteiger partial charge in [0.2, 0.25) is 0 Å². The van der Waals surface area contributed by atoms with Gasteiger partial charge in [0.15, 0.2) is 9.84 Å². The lowest BCUT2D eigenvalue weighted by molar-refractivity contribution is -0.384. The van der Waals surface area contributed by atoms with Crippen molar-refractivity contribution in [1.29, 1.82) is 0 Å². The molecule has 0 spiro atoms. The lowest BCUT2D eigenvalue weighted by atomic mass is 10.1. The summed E-state index contributed by atoms with van der Waals surface area (Å²) in [5.41, 5.74) is 2.31. The first kappa shape index (κ1) is 17.7. The molecule has 26 heavy (non-hydrogen) atoms. The third-order valence-electron chi connectivity index (χ3n) is 3.81. The Morgan fingerprint density at radius 3 is 2.73 bits per heavy atom. The van der Waals surface area contributed by atoms with Gasteiger partial charge >= 0.3 is 0 Å². The number of nitrogens with one attached hydrogen (secondary N) is 1. The van der Waals surface area contributed by atoms with E-state index in [2.05, 4.69) is 10.5 Å². The van der Waals surface area contributed by atoms with Crippen molar-refractivity contribution in [3.8, 4) is 0 Å². The first-order valence-electron chi connectivity index (χ1n) is 7.42. The summed E-state index contributed by atoms with van der Waals surface area (Å²) in [6.07, 6.45) is 0.00794. The Kier molecular flexibility index (Phi) is 4.51. The highest BCUT2D eigenvalue weighted by atomic mass is 32.2. The molecule has 3 rings (SSSR count). The Morgan fingerprint density at radius 1 is 1.23 bits per heavy atom. The molecule has 1 N–H and O–H groups in total. The smallest absolute Gasteiger partial charge is 0.267 e.